The zero-order valence-electron chi connectivity index (χ0n) is 28.0. The topological polar surface area (TPSA) is 55.8 Å². The SMILES string of the molecule is CCCCCCCCCCCOC(=O)CCCCCN(CC)CCCCCC(=O)OCCCCCCCCCCC. The Balaban J connectivity index is 3.47. The first-order valence-electron chi connectivity index (χ1n) is 18.2. The highest BCUT2D eigenvalue weighted by Crippen LogP contribution is 2.12. The molecule has 0 amide bonds. The molecule has 0 bridgehead atoms. The Labute approximate surface area is 256 Å². The van der Waals surface area contributed by atoms with E-state index in [0.29, 0.717) is 26.1 Å². The first-order valence-corrected chi connectivity index (χ1v) is 18.2. The van der Waals surface area contributed by atoms with Gasteiger partial charge in [-0.15, -0.1) is 0 Å². The highest BCUT2D eigenvalue weighted by atomic mass is 16.5. The van der Waals surface area contributed by atoms with Crippen LogP contribution in [-0.4, -0.2) is 49.7 Å². The summed E-state index contributed by atoms with van der Waals surface area (Å²) in [6.45, 7) is 11.1. The molecule has 0 radical (unpaired) electrons. The smallest absolute Gasteiger partial charge is 0.305 e. The van der Waals surface area contributed by atoms with E-state index in [-0.39, 0.29) is 11.9 Å². The van der Waals surface area contributed by atoms with Gasteiger partial charge in [0.2, 0.25) is 0 Å². The van der Waals surface area contributed by atoms with E-state index in [9.17, 15) is 9.59 Å². The predicted molar refractivity (Wildman–Crippen MR) is 175 cm³/mol. The molecule has 0 aliphatic heterocycles. The number of hydrogen-bond donors (Lipinski definition) is 0. The lowest BCUT2D eigenvalue weighted by molar-refractivity contribution is -0.144. The molecule has 0 saturated heterocycles. The van der Waals surface area contributed by atoms with E-state index in [1.54, 1.807) is 0 Å². The summed E-state index contributed by atoms with van der Waals surface area (Å²) >= 11 is 0. The van der Waals surface area contributed by atoms with Gasteiger partial charge >= 0.3 is 11.9 Å². The molecule has 5 heteroatoms. The molecule has 0 unspecified atom stereocenters. The van der Waals surface area contributed by atoms with Crippen molar-refractivity contribution in [2.45, 2.75) is 188 Å². The van der Waals surface area contributed by atoms with Crippen LogP contribution in [0.25, 0.3) is 0 Å². The lowest BCUT2D eigenvalue weighted by Crippen LogP contribution is -2.25. The monoisotopic (exact) mass is 582 g/mol. The van der Waals surface area contributed by atoms with Crippen LogP contribution in [0, 0.1) is 0 Å². The molecule has 0 atom stereocenters. The first-order chi connectivity index (χ1) is 20.1. The molecule has 5 nitrogen and oxygen atoms in total. The van der Waals surface area contributed by atoms with Crippen LogP contribution in [0.3, 0.4) is 0 Å². The fourth-order valence-corrected chi connectivity index (χ4v) is 5.33. The van der Waals surface area contributed by atoms with Gasteiger partial charge in [0.25, 0.3) is 0 Å². The van der Waals surface area contributed by atoms with E-state index in [1.807, 2.05) is 0 Å². The molecule has 0 fully saturated rings. The summed E-state index contributed by atoms with van der Waals surface area (Å²) in [5.41, 5.74) is 0. The number of carbonyl (C=O) groups excluding carboxylic acids is 2. The van der Waals surface area contributed by atoms with Gasteiger partial charge in [-0.05, 0) is 58.2 Å². The summed E-state index contributed by atoms with van der Waals surface area (Å²) in [7, 11) is 0. The average molecular weight is 582 g/mol. The van der Waals surface area contributed by atoms with Crippen molar-refractivity contribution in [3.8, 4) is 0 Å². The molecular weight excluding hydrogens is 510 g/mol. The van der Waals surface area contributed by atoms with E-state index in [2.05, 4.69) is 25.7 Å². The lowest BCUT2D eigenvalue weighted by atomic mass is 10.1. The van der Waals surface area contributed by atoms with Crippen LogP contribution in [-0.2, 0) is 19.1 Å². The van der Waals surface area contributed by atoms with Gasteiger partial charge in [0.15, 0.2) is 0 Å². The van der Waals surface area contributed by atoms with Crippen LogP contribution < -0.4 is 0 Å². The summed E-state index contributed by atoms with van der Waals surface area (Å²) < 4.78 is 10.8. The number of nitrogens with zero attached hydrogens (tertiary/aromatic N) is 1. The van der Waals surface area contributed by atoms with Crippen molar-refractivity contribution >= 4 is 11.9 Å². The van der Waals surface area contributed by atoms with E-state index in [4.69, 9.17) is 9.47 Å². The molecule has 0 aliphatic rings. The molecule has 0 aliphatic carbocycles. The Bertz CT molecular complexity index is 508. The average Bonchev–Trinajstić information content (AvgIpc) is 2.97. The van der Waals surface area contributed by atoms with E-state index < -0.39 is 0 Å². The van der Waals surface area contributed by atoms with Crippen LogP contribution in [0.5, 0.6) is 0 Å². The minimum atomic E-state index is -0.0244. The maximum Gasteiger partial charge on any atom is 0.305 e. The Morgan fingerprint density at radius 2 is 0.732 bits per heavy atom. The maximum absolute atomic E-state index is 12.0. The van der Waals surface area contributed by atoms with Gasteiger partial charge in [-0.25, -0.2) is 0 Å². The quantitative estimate of drug-likeness (QED) is 0.0570. The molecular formula is C36H71NO4. The molecule has 0 aromatic rings. The van der Waals surface area contributed by atoms with Crippen LogP contribution in [0.15, 0.2) is 0 Å². The molecule has 0 aromatic heterocycles. The maximum atomic E-state index is 12.0. The Morgan fingerprint density at radius 1 is 0.415 bits per heavy atom. The number of esters is 2. The molecule has 244 valence electrons. The second-order valence-corrected chi connectivity index (χ2v) is 12.2. The minimum Gasteiger partial charge on any atom is -0.466 e. The molecule has 0 spiro atoms. The van der Waals surface area contributed by atoms with E-state index in [1.165, 1.54) is 103 Å². The lowest BCUT2D eigenvalue weighted by Gasteiger charge is -2.20. The standard InChI is InChI=1S/C36H71NO4/c1-4-7-9-11-13-15-17-19-27-33-40-35(38)29-23-21-25-31-37(6-3)32-26-22-24-30-36(39)41-34-28-20-18-16-14-12-10-8-5-2/h4-34H2,1-3H3. The second-order valence-electron chi connectivity index (χ2n) is 12.2. The Morgan fingerprint density at radius 3 is 1.07 bits per heavy atom. The number of unbranched alkanes of at least 4 members (excludes halogenated alkanes) is 20. The van der Waals surface area contributed by atoms with E-state index >= 15 is 0 Å². The number of carbonyl (C=O) groups is 2. The summed E-state index contributed by atoms with van der Waals surface area (Å²) in [6, 6.07) is 0. The van der Waals surface area contributed by atoms with Crippen molar-refractivity contribution in [2.24, 2.45) is 0 Å². The highest BCUT2D eigenvalue weighted by Gasteiger charge is 2.06. The van der Waals surface area contributed by atoms with Crippen molar-refractivity contribution in [3.63, 3.8) is 0 Å². The molecule has 0 aromatic carbocycles. The largest absolute Gasteiger partial charge is 0.466 e. The first kappa shape index (κ1) is 39.9. The highest BCUT2D eigenvalue weighted by molar-refractivity contribution is 5.69. The summed E-state index contributed by atoms with van der Waals surface area (Å²) in [6.07, 6.45) is 30.5. The zero-order valence-corrected chi connectivity index (χ0v) is 28.0. The van der Waals surface area contributed by atoms with Gasteiger partial charge in [-0.2, -0.15) is 0 Å². The summed E-state index contributed by atoms with van der Waals surface area (Å²) in [4.78, 5) is 26.4. The molecule has 0 heterocycles. The third-order valence-corrected chi connectivity index (χ3v) is 8.18. The second kappa shape index (κ2) is 33.4. The molecule has 41 heavy (non-hydrogen) atoms. The normalized spacial score (nSPS) is 11.3. The van der Waals surface area contributed by atoms with Gasteiger partial charge in [-0.3, -0.25) is 9.59 Å². The fourth-order valence-electron chi connectivity index (χ4n) is 5.33. The molecule has 0 rings (SSSR count). The van der Waals surface area contributed by atoms with Crippen molar-refractivity contribution in [1.29, 1.82) is 0 Å². The third-order valence-electron chi connectivity index (χ3n) is 8.18. The Hall–Kier alpha value is -1.10. The van der Waals surface area contributed by atoms with Crippen molar-refractivity contribution in [2.75, 3.05) is 32.8 Å². The van der Waals surface area contributed by atoms with Crippen LogP contribution in [0.2, 0.25) is 0 Å². The van der Waals surface area contributed by atoms with Gasteiger partial charge in [-0.1, -0.05) is 136 Å². The summed E-state index contributed by atoms with van der Waals surface area (Å²) in [5, 5.41) is 0. The third kappa shape index (κ3) is 31.7. The van der Waals surface area contributed by atoms with Gasteiger partial charge in [0.05, 0.1) is 13.2 Å². The van der Waals surface area contributed by atoms with Crippen LogP contribution in [0.4, 0.5) is 0 Å². The van der Waals surface area contributed by atoms with Crippen LogP contribution in [0.1, 0.15) is 188 Å². The van der Waals surface area contributed by atoms with Crippen molar-refractivity contribution in [3.05, 3.63) is 0 Å². The van der Waals surface area contributed by atoms with Gasteiger partial charge < -0.3 is 14.4 Å². The van der Waals surface area contributed by atoms with Gasteiger partial charge in [0, 0.05) is 12.8 Å². The predicted octanol–water partition coefficient (Wildman–Crippen LogP) is 10.6. The molecule has 0 saturated carbocycles. The van der Waals surface area contributed by atoms with Crippen molar-refractivity contribution < 1.29 is 19.1 Å². The Kier molecular flexibility index (Phi) is 32.5. The van der Waals surface area contributed by atoms with Crippen LogP contribution >= 0.6 is 0 Å². The van der Waals surface area contributed by atoms with Crippen molar-refractivity contribution in [1.82, 2.24) is 4.90 Å². The van der Waals surface area contributed by atoms with E-state index in [0.717, 1.165) is 71.0 Å². The zero-order chi connectivity index (χ0) is 30.1. The number of ether oxygens (including phenoxy) is 2. The minimum absolute atomic E-state index is 0.0244. The fraction of sp³-hybridized carbons (Fsp3) is 0.944. The summed E-state index contributed by atoms with van der Waals surface area (Å²) in [5.74, 6) is -0.0489. The van der Waals surface area contributed by atoms with Gasteiger partial charge in [0.1, 0.15) is 0 Å². The number of hydrogen-bond acceptors (Lipinski definition) is 5. The molecule has 0 N–H and O–H groups in total. The number of rotatable bonds is 33.